The highest BCUT2D eigenvalue weighted by Gasteiger charge is 2.29. The highest BCUT2D eigenvalue weighted by atomic mass is 16.5. The van der Waals surface area contributed by atoms with E-state index in [9.17, 15) is 14.7 Å². The van der Waals surface area contributed by atoms with Crippen LogP contribution in [-0.4, -0.2) is 56.9 Å². The smallest absolute Gasteiger partial charge is 0.407 e. The van der Waals surface area contributed by atoms with Crippen molar-refractivity contribution in [3.63, 3.8) is 0 Å². The lowest BCUT2D eigenvalue weighted by atomic mass is 9.98. The number of unbranched alkanes of at least 4 members (excludes halogenated alkanes) is 1. The lowest BCUT2D eigenvalue weighted by Crippen LogP contribution is -2.48. The van der Waals surface area contributed by atoms with Gasteiger partial charge in [-0.1, -0.05) is 48.5 Å². The molecule has 1 amide bonds. The highest BCUT2D eigenvalue weighted by Crippen LogP contribution is 2.44. The average molecular weight is 411 g/mol. The minimum Gasteiger partial charge on any atom is -0.548 e. The van der Waals surface area contributed by atoms with Crippen LogP contribution >= 0.6 is 0 Å². The summed E-state index contributed by atoms with van der Waals surface area (Å²) in [6, 6.07) is 15.1. The molecule has 3 rings (SSSR count). The van der Waals surface area contributed by atoms with E-state index in [4.69, 9.17) is 4.74 Å². The summed E-state index contributed by atoms with van der Waals surface area (Å²) in [5.41, 5.74) is 4.52. The largest absolute Gasteiger partial charge is 0.548 e. The standard InChI is InChI=1S/C24H30N2O4/c1-26(2,3)15-9-8-14-22(23(27)28)25-24(29)30-16-21-19-12-6-4-10-17(19)18-11-5-7-13-20(18)21/h4-7,10-13,21-22H,8-9,14-16H2,1-3H3,(H-,25,27,28,29)/t22-/m0/s1. The number of fused-ring (bicyclic) bond motifs is 3. The van der Waals surface area contributed by atoms with Gasteiger partial charge in [0.25, 0.3) is 0 Å². The van der Waals surface area contributed by atoms with Gasteiger partial charge in [-0.05, 0) is 41.5 Å². The molecular weight excluding hydrogens is 380 g/mol. The molecule has 1 aliphatic rings. The van der Waals surface area contributed by atoms with Crippen LogP contribution in [-0.2, 0) is 9.53 Å². The summed E-state index contributed by atoms with van der Waals surface area (Å²) in [7, 11) is 6.27. The first kappa shape index (κ1) is 21.8. The molecule has 0 aliphatic heterocycles. The van der Waals surface area contributed by atoms with Crippen LogP contribution in [0.5, 0.6) is 0 Å². The van der Waals surface area contributed by atoms with E-state index in [-0.39, 0.29) is 12.5 Å². The fraction of sp³-hybridized carbons (Fsp3) is 0.417. The van der Waals surface area contributed by atoms with Crippen LogP contribution < -0.4 is 10.4 Å². The van der Waals surface area contributed by atoms with Crippen molar-refractivity contribution < 1.29 is 23.9 Å². The lowest BCUT2D eigenvalue weighted by Gasteiger charge is -2.24. The number of benzene rings is 2. The predicted octanol–water partition coefficient (Wildman–Crippen LogP) is 2.52. The van der Waals surface area contributed by atoms with Crippen molar-refractivity contribution in [2.24, 2.45) is 0 Å². The molecule has 1 atom stereocenters. The SMILES string of the molecule is C[N+](C)(C)CCCC[C@H](NC(=O)OCC1c2ccccc2-c2ccccc21)C(=O)[O-]. The number of quaternary nitrogens is 1. The number of carboxylic acid groups (broad SMARTS) is 1. The van der Waals surface area contributed by atoms with Gasteiger partial charge in [-0.25, -0.2) is 4.79 Å². The number of carboxylic acids is 1. The monoisotopic (exact) mass is 410 g/mol. The highest BCUT2D eigenvalue weighted by molar-refractivity contribution is 5.80. The molecule has 0 saturated carbocycles. The van der Waals surface area contributed by atoms with E-state index in [1.54, 1.807) is 0 Å². The van der Waals surface area contributed by atoms with Gasteiger partial charge in [0.05, 0.1) is 39.7 Å². The van der Waals surface area contributed by atoms with E-state index in [0.717, 1.165) is 39.7 Å². The van der Waals surface area contributed by atoms with Gasteiger partial charge in [0.2, 0.25) is 0 Å². The maximum atomic E-state index is 12.3. The number of nitrogens with one attached hydrogen (secondary N) is 1. The topological polar surface area (TPSA) is 78.5 Å². The first-order valence-corrected chi connectivity index (χ1v) is 10.4. The van der Waals surface area contributed by atoms with Gasteiger partial charge in [0.15, 0.2) is 0 Å². The third-order valence-electron chi connectivity index (χ3n) is 5.49. The Balaban J connectivity index is 1.56. The van der Waals surface area contributed by atoms with Gasteiger partial charge in [-0.3, -0.25) is 0 Å². The molecule has 0 saturated heterocycles. The van der Waals surface area contributed by atoms with E-state index < -0.39 is 18.1 Å². The number of nitrogens with zero attached hydrogens (tertiary/aromatic N) is 1. The molecule has 6 heteroatoms. The van der Waals surface area contributed by atoms with E-state index in [2.05, 4.69) is 38.6 Å². The second-order valence-electron chi connectivity index (χ2n) is 8.85. The molecule has 1 aliphatic carbocycles. The minimum absolute atomic E-state index is 0.0610. The van der Waals surface area contributed by atoms with Gasteiger partial charge in [-0.2, -0.15) is 0 Å². The molecule has 2 aromatic rings. The Labute approximate surface area is 178 Å². The molecule has 160 valence electrons. The molecule has 0 fully saturated rings. The summed E-state index contributed by atoms with van der Waals surface area (Å²) >= 11 is 0. The van der Waals surface area contributed by atoms with E-state index in [1.807, 2.05) is 36.4 Å². The third-order valence-corrected chi connectivity index (χ3v) is 5.49. The average Bonchev–Trinajstić information content (AvgIpc) is 3.01. The third kappa shape index (κ3) is 5.39. The molecule has 0 unspecified atom stereocenters. The molecule has 0 bridgehead atoms. The summed E-state index contributed by atoms with van der Waals surface area (Å²) in [6.45, 7) is 1.09. The minimum atomic E-state index is -1.28. The molecule has 0 spiro atoms. The van der Waals surface area contributed by atoms with Crippen molar-refractivity contribution in [1.82, 2.24) is 5.32 Å². The zero-order chi connectivity index (χ0) is 21.7. The molecule has 2 aromatic carbocycles. The van der Waals surface area contributed by atoms with Gasteiger partial charge < -0.3 is 24.4 Å². The summed E-state index contributed by atoms with van der Waals surface area (Å²) in [5.74, 6) is -1.34. The number of amides is 1. The van der Waals surface area contributed by atoms with Crippen LogP contribution in [0.4, 0.5) is 4.79 Å². The Morgan fingerprint density at radius 2 is 1.57 bits per heavy atom. The van der Waals surface area contributed by atoms with Crippen LogP contribution in [0.3, 0.4) is 0 Å². The first-order chi connectivity index (χ1) is 14.3. The maximum Gasteiger partial charge on any atom is 0.407 e. The molecular formula is C24H30N2O4. The number of alkyl carbamates (subject to hydrolysis) is 1. The quantitative estimate of drug-likeness (QED) is 0.509. The zero-order valence-electron chi connectivity index (χ0n) is 17.9. The van der Waals surface area contributed by atoms with E-state index >= 15 is 0 Å². The first-order valence-electron chi connectivity index (χ1n) is 10.4. The predicted molar refractivity (Wildman–Crippen MR) is 114 cm³/mol. The summed E-state index contributed by atoms with van der Waals surface area (Å²) in [6.07, 6.45) is 1.17. The van der Waals surface area contributed by atoms with E-state index in [1.165, 1.54) is 0 Å². The number of ether oxygens (including phenoxy) is 1. The molecule has 1 N–H and O–H groups in total. The van der Waals surface area contributed by atoms with Crippen molar-refractivity contribution in [1.29, 1.82) is 0 Å². The Morgan fingerprint density at radius 3 is 2.10 bits per heavy atom. The molecule has 6 nitrogen and oxygen atoms in total. The fourth-order valence-corrected chi connectivity index (χ4v) is 3.97. The molecule has 0 heterocycles. The second-order valence-corrected chi connectivity index (χ2v) is 8.85. The number of carbonyl (C=O) groups excluding carboxylic acids is 2. The number of carbonyl (C=O) groups is 2. The van der Waals surface area contributed by atoms with E-state index in [0.29, 0.717) is 12.8 Å². The normalized spacial score (nSPS) is 14.0. The van der Waals surface area contributed by atoms with Crippen molar-refractivity contribution in [2.75, 3.05) is 34.3 Å². The molecule has 30 heavy (non-hydrogen) atoms. The van der Waals surface area contributed by atoms with Crippen LogP contribution in [0.15, 0.2) is 48.5 Å². The zero-order valence-corrected chi connectivity index (χ0v) is 17.9. The number of aliphatic carboxylic acids is 1. The molecule has 0 aromatic heterocycles. The number of rotatable bonds is 9. The van der Waals surface area contributed by atoms with Crippen LogP contribution in [0.1, 0.15) is 36.3 Å². The van der Waals surface area contributed by atoms with Gasteiger partial charge in [0.1, 0.15) is 6.61 Å². The van der Waals surface area contributed by atoms with Gasteiger partial charge in [-0.15, -0.1) is 0 Å². The lowest BCUT2D eigenvalue weighted by molar-refractivity contribution is -0.870. The van der Waals surface area contributed by atoms with Crippen molar-refractivity contribution in [2.45, 2.75) is 31.2 Å². The van der Waals surface area contributed by atoms with Crippen LogP contribution in [0, 0.1) is 0 Å². The van der Waals surface area contributed by atoms with Crippen molar-refractivity contribution in [3.05, 3.63) is 59.7 Å². The Morgan fingerprint density at radius 1 is 1.00 bits per heavy atom. The summed E-state index contributed by atoms with van der Waals surface area (Å²) in [4.78, 5) is 23.7. The Bertz CT molecular complexity index is 859. The van der Waals surface area contributed by atoms with Crippen LogP contribution in [0.2, 0.25) is 0 Å². The van der Waals surface area contributed by atoms with Gasteiger partial charge >= 0.3 is 6.09 Å². The van der Waals surface area contributed by atoms with Crippen LogP contribution in [0.25, 0.3) is 11.1 Å². The number of hydrogen-bond donors (Lipinski definition) is 1. The maximum absolute atomic E-state index is 12.3. The number of hydrogen-bond acceptors (Lipinski definition) is 4. The van der Waals surface area contributed by atoms with Gasteiger partial charge in [0, 0.05) is 5.92 Å². The van der Waals surface area contributed by atoms with Crippen molar-refractivity contribution >= 4 is 12.1 Å². The van der Waals surface area contributed by atoms with Crippen molar-refractivity contribution in [3.8, 4) is 11.1 Å². The second kappa shape index (κ2) is 9.30. The fourth-order valence-electron chi connectivity index (χ4n) is 3.97. The summed E-state index contributed by atoms with van der Waals surface area (Å²) in [5, 5.41) is 13.9. The Hall–Kier alpha value is -2.86. The summed E-state index contributed by atoms with van der Waals surface area (Å²) < 4.78 is 6.25. The molecule has 0 radical (unpaired) electrons. The Kier molecular flexibility index (Phi) is 6.77.